The summed E-state index contributed by atoms with van der Waals surface area (Å²) in [5.41, 5.74) is -1.55. The second-order valence-electron chi connectivity index (χ2n) is 4.89. The van der Waals surface area contributed by atoms with Crippen LogP contribution in [0, 0.1) is 5.82 Å². The Kier molecular flexibility index (Phi) is 5.25. The molecule has 0 bridgehead atoms. The molecule has 1 aromatic heterocycles. The molecule has 8 nitrogen and oxygen atoms in total. The number of benzene rings is 1. The first-order valence-electron chi connectivity index (χ1n) is 6.85. The van der Waals surface area contributed by atoms with Gasteiger partial charge in [0.25, 0.3) is 5.56 Å². The minimum atomic E-state index is -1.29. The monoisotopic (exact) mass is 335 g/mol. The lowest BCUT2D eigenvalue weighted by atomic mass is 10.2. The number of amides is 1. The van der Waals surface area contributed by atoms with Crippen molar-refractivity contribution in [1.29, 1.82) is 0 Å². The molecule has 0 radical (unpaired) electrons. The number of aromatic amines is 1. The second-order valence-corrected chi connectivity index (χ2v) is 4.89. The molecule has 0 fully saturated rings. The third-order valence-electron chi connectivity index (χ3n) is 3.04. The van der Waals surface area contributed by atoms with Gasteiger partial charge < -0.3 is 9.64 Å². The molecule has 0 saturated carbocycles. The molecular formula is C15H14FN3O5. The zero-order chi connectivity index (χ0) is 17.7. The van der Waals surface area contributed by atoms with Crippen LogP contribution in [0.5, 0.6) is 0 Å². The van der Waals surface area contributed by atoms with Crippen molar-refractivity contribution in [2.75, 3.05) is 13.6 Å². The van der Waals surface area contributed by atoms with Gasteiger partial charge in [-0.2, -0.15) is 4.39 Å². The highest BCUT2D eigenvalue weighted by atomic mass is 19.1. The van der Waals surface area contributed by atoms with Gasteiger partial charge in [-0.3, -0.25) is 14.6 Å². The van der Waals surface area contributed by atoms with Crippen LogP contribution in [0.15, 0.2) is 46.1 Å². The summed E-state index contributed by atoms with van der Waals surface area (Å²) in [5.74, 6) is -1.99. The molecule has 1 amide bonds. The maximum absolute atomic E-state index is 13.2. The summed E-state index contributed by atoms with van der Waals surface area (Å²) >= 11 is 0. The molecule has 1 aromatic carbocycles. The molecule has 2 aromatic rings. The average molecular weight is 335 g/mol. The van der Waals surface area contributed by atoms with Crippen LogP contribution in [0.25, 0.3) is 0 Å². The van der Waals surface area contributed by atoms with Crippen molar-refractivity contribution in [3.63, 3.8) is 0 Å². The molecule has 0 aliphatic rings. The fourth-order valence-electron chi connectivity index (χ4n) is 1.82. The first-order valence-corrected chi connectivity index (χ1v) is 6.85. The van der Waals surface area contributed by atoms with Crippen LogP contribution < -0.4 is 11.2 Å². The molecule has 0 aliphatic carbocycles. The number of carbonyl (C=O) groups excluding carboxylic acids is 2. The Morgan fingerprint density at radius 3 is 2.58 bits per heavy atom. The van der Waals surface area contributed by atoms with Gasteiger partial charge in [-0.15, -0.1) is 0 Å². The fourth-order valence-corrected chi connectivity index (χ4v) is 1.82. The van der Waals surface area contributed by atoms with Crippen molar-refractivity contribution in [3.05, 3.63) is 68.7 Å². The molecule has 0 aliphatic heterocycles. The van der Waals surface area contributed by atoms with E-state index in [0.29, 0.717) is 10.8 Å². The van der Waals surface area contributed by atoms with Crippen LogP contribution in [0.3, 0.4) is 0 Å². The van der Waals surface area contributed by atoms with Crippen LogP contribution in [0.1, 0.15) is 5.56 Å². The van der Waals surface area contributed by atoms with E-state index in [2.05, 4.69) is 0 Å². The van der Waals surface area contributed by atoms with E-state index < -0.39 is 35.6 Å². The van der Waals surface area contributed by atoms with Gasteiger partial charge in [-0.05, 0) is 5.56 Å². The van der Waals surface area contributed by atoms with Crippen LogP contribution in [-0.2, 0) is 16.1 Å². The molecule has 1 N–H and O–H groups in total. The molecule has 9 heteroatoms. The normalized spacial score (nSPS) is 10.2. The third kappa shape index (κ3) is 4.15. The number of H-pyrrole nitrogens is 1. The van der Waals surface area contributed by atoms with E-state index in [0.717, 1.165) is 10.5 Å². The van der Waals surface area contributed by atoms with E-state index >= 15 is 0 Å². The van der Waals surface area contributed by atoms with Gasteiger partial charge in [-0.25, -0.2) is 14.2 Å². The van der Waals surface area contributed by atoms with Gasteiger partial charge >= 0.3 is 17.7 Å². The Morgan fingerprint density at radius 2 is 1.92 bits per heavy atom. The van der Waals surface area contributed by atoms with Crippen molar-refractivity contribution in [2.45, 2.75) is 6.61 Å². The van der Waals surface area contributed by atoms with Crippen LogP contribution in [0.2, 0.25) is 0 Å². The predicted molar refractivity (Wildman–Crippen MR) is 80.9 cm³/mol. The summed E-state index contributed by atoms with van der Waals surface area (Å²) in [5, 5.41) is 0. The highest BCUT2D eigenvalue weighted by Gasteiger charge is 2.18. The first kappa shape index (κ1) is 17.1. The number of halogens is 1. The van der Waals surface area contributed by atoms with Crippen molar-refractivity contribution in [1.82, 2.24) is 14.5 Å². The van der Waals surface area contributed by atoms with E-state index in [1.807, 2.05) is 6.07 Å². The maximum atomic E-state index is 13.2. The average Bonchev–Trinajstić information content (AvgIpc) is 2.56. The lowest BCUT2D eigenvalue weighted by Crippen LogP contribution is -2.43. The van der Waals surface area contributed by atoms with E-state index in [4.69, 9.17) is 4.74 Å². The van der Waals surface area contributed by atoms with Crippen LogP contribution in [-0.4, -0.2) is 40.0 Å². The topological polar surface area (TPSA) is 101 Å². The Hall–Kier alpha value is -3.23. The van der Waals surface area contributed by atoms with Gasteiger partial charge in [0, 0.05) is 7.05 Å². The summed E-state index contributed by atoms with van der Waals surface area (Å²) in [6, 6.07) is 7.95. The number of nitrogens with zero attached hydrogens (tertiary/aromatic N) is 2. The number of nitrogens with one attached hydrogen (secondary N) is 1. The number of carbonyl (C=O) groups is 2. The Morgan fingerprint density at radius 1 is 1.25 bits per heavy atom. The van der Waals surface area contributed by atoms with Gasteiger partial charge in [0.1, 0.15) is 13.2 Å². The Balaban J connectivity index is 1.99. The molecule has 0 spiro atoms. The Bertz CT molecular complexity index is 859. The lowest BCUT2D eigenvalue weighted by Gasteiger charge is -2.16. The van der Waals surface area contributed by atoms with Crippen LogP contribution in [0.4, 0.5) is 9.18 Å². The lowest BCUT2D eigenvalue weighted by molar-refractivity contribution is -0.145. The molecule has 0 saturated heterocycles. The van der Waals surface area contributed by atoms with Crippen LogP contribution >= 0.6 is 0 Å². The first-order chi connectivity index (χ1) is 11.4. The molecule has 24 heavy (non-hydrogen) atoms. The predicted octanol–water partition coefficient (Wildman–Crippen LogP) is 0.319. The number of esters is 1. The van der Waals surface area contributed by atoms with Gasteiger partial charge in [-0.1, -0.05) is 30.3 Å². The SMILES string of the molecule is CN(CC(=O)OCc1ccccc1)C(=O)n1cc(F)c(=O)[nH]c1=O. The summed E-state index contributed by atoms with van der Waals surface area (Å²) in [6.07, 6.45) is 0.468. The third-order valence-corrected chi connectivity index (χ3v) is 3.04. The number of aromatic nitrogens is 2. The molecular weight excluding hydrogens is 321 g/mol. The van der Waals surface area contributed by atoms with Crippen molar-refractivity contribution in [2.24, 2.45) is 0 Å². The summed E-state index contributed by atoms with van der Waals surface area (Å²) in [6.45, 7) is -0.409. The van der Waals surface area contributed by atoms with E-state index in [9.17, 15) is 23.6 Å². The highest BCUT2D eigenvalue weighted by Crippen LogP contribution is 2.01. The minimum Gasteiger partial charge on any atom is -0.459 e. The van der Waals surface area contributed by atoms with Gasteiger partial charge in [0.2, 0.25) is 5.82 Å². The molecule has 1 heterocycles. The van der Waals surface area contributed by atoms with E-state index in [-0.39, 0.29) is 6.61 Å². The molecule has 2 rings (SSSR count). The molecule has 0 atom stereocenters. The largest absolute Gasteiger partial charge is 0.459 e. The smallest absolute Gasteiger partial charge is 0.336 e. The highest BCUT2D eigenvalue weighted by molar-refractivity contribution is 5.82. The van der Waals surface area contributed by atoms with Gasteiger partial charge in [0.05, 0.1) is 6.20 Å². The quantitative estimate of drug-likeness (QED) is 0.811. The minimum absolute atomic E-state index is 0.0366. The summed E-state index contributed by atoms with van der Waals surface area (Å²) in [7, 11) is 1.24. The molecule has 0 unspecified atom stereocenters. The number of hydrogen-bond acceptors (Lipinski definition) is 5. The van der Waals surface area contributed by atoms with E-state index in [1.165, 1.54) is 7.05 Å². The zero-order valence-electron chi connectivity index (χ0n) is 12.7. The van der Waals surface area contributed by atoms with Crippen molar-refractivity contribution >= 4 is 12.0 Å². The molecule has 126 valence electrons. The second kappa shape index (κ2) is 7.36. The van der Waals surface area contributed by atoms with Crippen molar-refractivity contribution in [3.8, 4) is 0 Å². The van der Waals surface area contributed by atoms with Crippen molar-refractivity contribution < 1.29 is 18.7 Å². The summed E-state index contributed by atoms with van der Waals surface area (Å²) in [4.78, 5) is 48.7. The van der Waals surface area contributed by atoms with Gasteiger partial charge in [0.15, 0.2) is 0 Å². The number of ether oxygens (including phenoxy) is 1. The van der Waals surface area contributed by atoms with E-state index in [1.54, 1.807) is 29.2 Å². The number of likely N-dealkylation sites (N-methyl/N-ethyl adjacent to an activating group) is 1. The summed E-state index contributed by atoms with van der Waals surface area (Å²) < 4.78 is 18.6. The fraction of sp³-hybridized carbons (Fsp3) is 0.200. The zero-order valence-corrected chi connectivity index (χ0v) is 12.7. The number of rotatable bonds is 4. The maximum Gasteiger partial charge on any atom is 0.336 e. The standard InChI is InChI=1S/C15H14FN3O5/c1-18(8-12(20)24-9-10-5-3-2-4-6-10)15(23)19-7-11(16)13(21)17-14(19)22/h2-7H,8-9H2,1H3,(H,17,21,22). The Labute approximate surface area is 135 Å². The number of hydrogen-bond donors (Lipinski definition) is 1.